The van der Waals surface area contributed by atoms with Gasteiger partial charge in [0.15, 0.2) is 5.76 Å². The summed E-state index contributed by atoms with van der Waals surface area (Å²) >= 11 is 0. The molecule has 2 aromatic heterocycles. The van der Waals surface area contributed by atoms with Crippen LogP contribution in [0.15, 0.2) is 38.1 Å². The molecule has 0 fully saturated rings. The van der Waals surface area contributed by atoms with Gasteiger partial charge in [0.2, 0.25) is 21.8 Å². The number of aryl methyl sites for hydroxylation is 2. The summed E-state index contributed by atoms with van der Waals surface area (Å²) in [4.78, 5) is 0.0139. The van der Waals surface area contributed by atoms with Crippen LogP contribution in [0.3, 0.4) is 0 Å². The number of sulfonamides is 1. The van der Waals surface area contributed by atoms with E-state index in [-0.39, 0.29) is 34.7 Å². The minimum absolute atomic E-state index is 0.0139. The van der Waals surface area contributed by atoms with Crippen molar-refractivity contribution in [3.8, 4) is 17.2 Å². The van der Waals surface area contributed by atoms with E-state index in [1.165, 1.54) is 6.92 Å². The van der Waals surface area contributed by atoms with Gasteiger partial charge in [-0.05, 0) is 32.0 Å². The molecule has 0 aliphatic carbocycles. The van der Waals surface area contributed by atoms with Gasteiger partial charge in [0.1, 0.15) is 16.3 Å². The van der Waals surface area contributed by atoms with Crippen LogP contribution >= 0.6 is 0 Å². The molecule has 0 bridgehead atoms. The van der Waals surface area contributed by atoms with Crippen molar-refractivity contribution in [2.45, 2.75) is 25.3 Å². The number of aromatic nitrogens is 3. The van der Waals surface area contributed by atoms with Gasteiger partial charge >= 0.3 is 0 Å². The van der Waals surface area contributed by atoms with Crippen LogP contribution in [0.25, 0.3) is 11.5 Å². The maximum absolute atomic E-state index is 12.4. The van der Waals surface area contributed by atoms with E-state index in [4.69, 9.17) is 13.7 Å². The van der Waals surface area contributed by atoms with E-state index in [9.17, 15) is 8.42 Å². The van der Waals surface area contributed by atoms with Crippen molar-refractivity contribution < 1.29 is 22.1 Å². The van der Waals surface area contributed by atoms with Gasteiger partial charge in [0, 0.05) is 5.56 Å². The van der Waals surface area contributed by atoms with Crippen molar-refractivity contribution in [3.05, 3.63) is 41.6 Å². The molecule has 0 aliphatic heterocycles. The topological polar surface area (TPSA) is 120 Å². The maximum Gasteiger partial charge on any atom is 0.247 e. The van der Waals surface area contributed by atoms with Crippen LogP contribution in [0.5, 0.6) is 5.75 Å². The minimum atomic E-state index is -3.80. The van der Waals surface area contributed by atoms with Gasteiger partial charge in [-0.25, -0.2) is 13.1 Å². The molecular formula is C15H16N4O5S. The van der Waals surface area contributed by atoms with Crippen LogP contribution < -0.4 is 9.46 Å². The van der Waals surface area contributed by atoms with Crippen molar-refractivity contribution >= 4 is 10.0 Å². The highest BCUT2D eigenvalue weighted by atomic mass is 32.2. The minimum Gasteiger partial charge on any atom is -0.497 e. The van der Waals surface area contributed by atoms with Gasteiger partial charge in [-0.2, -0.15) is 0 Å². The van der Waals surface area contributed by atoms with Gasteiger partial charge in [0.05, 0.1) is 13.7 Å². The van der Waals surface area contributed by atoms with Gasteiger partial charge in [0.25, 0.3) is 0 Å². The molecule has 0 aliphatic rings. The predicted molar refractivity (Wildman–Crippen MR) is 86.3 cm³/mol. The number of nitrogens with one attached hydrogen (secondary N) is 1. The standard InChI is InChI=1S/C15H16N4O5S/c1-9-14(10(2)24-19-9)25(20,21)16-8-13-17-18-15(23-13)11-5-4-6-12(7-11)22-3/h4-7,16H,8H2,1-3H3. The van der Waals surface area contributed by atoms with E-state index < -0.39 is 10.0 Å². The monoisotopic (exact) mass is 364 g/mol. The molecule has 0 spiro atoms. The summed E-state index contributed by atoms with van der Waals surface area (Å²) in [5.41, 5.74) is 0.958. The Morgan fingerprint density at radius 2 is 2.04 bits per heavy atom. The highest BCUT2D eigenvalue weighted by Gasteiger charge is 2.24. The fourth-order valence-electron chi connectivity index (χ4n) is 2.28. The van der Waals surface area contributed by atoms with E-state index in [1.807, 2.05) is 0 Å². The molecular weight excluding hydrogens is 348 g/mol. The maximum atomic E-state index is 12.4. The smallest absolute Gasteiger partial charge is 0.247 e. The molecule has 0 amide bonds. The number of nitrogens with zero attached hydrogens (tertiary/aromatic N) is 3. The molecule has 0 saturated heterocycles. The molecule has 10 heteroatoms. The molecule has 2 heterocycles. The third kappa shape index (κ3) is 3.54. The van der Waals surface area contributed by atoms with E-state index in [0.717, 1.165) is 0 Å². The lowest BCUT2D eigenvalue weighted by Gasteiger charge is -2.03. The highest BCUT2D eigenvalue weighted by molar-refractivity contribution is 7.89. The highest BCUT2D eigenvalue weighted by Crippen LogP contribution is 2.23. The SMILES string of the molecule is COc1cccc(-c2nnc(CNS(=O)(=O)c3c(C)noc3C)o2)c1. The van der Waals surface area contributed by atoms with Gasteiger partial charge in [-0.15, -0.1) is 10.2 Å². The van der Waals surface area contributed by atoms with Gasteiger partial charge in [-0.1, -0.05) is 11.2 Å². The fraction of sp³-hybridized carbons (Fsp3) is 0.267. The molecule has 25 heavy (non-hydrogen) atoms. The van der Waals surface area contributed by atoms with Crippen molar-refractivity contribution in [1.82, 2.24) is 20.1 Å². The first-order valence-corrected chi connectivity index (χ1v) is 8.78. The first kappa shape index (κ1) is 17.1. The van der Waals surface area contributed by atoms with Crippen molar-refractivity contribution in [1.29, 1.82) is 0 Å². The van der Waals surface area contributed by atoms with Crippen LogP contribution in [0.4, 0.5) is 0 Å². The molecule has 3 rings (SSSR count). The summed E-state index contributed by atoms with van der Waals surface area (Å²) in [6.45, 7) is 2.93. The van der Waals surface area contributed by atoms with Crippen LogP contribution in [0.1, 0.15) is 17.3 Å². The van der Waals surface area contributed by atoms with E-state index in [0.29, 0.717) is 11.3 Å². The normalized spacial score (nSPS) is 11.6. The molecule has 9 nitrogen and oxygen atoms in total. The number of rotatable bonds is 6. The van der Waals surface area contributed by atoms with E-state index >= 15 is 0 Å². The van der Waals surface area contributed by atoms with Crippen LogP contribution in [0, 0.1) is 13.8 Å². The summed E-state index contributed by atoms with van der Waals surface area (Å²) in [6, 6.07) is 7.11. The zero-order valence-corrected chi connectivity index (χ0v) is 14.6. The Labute approximate surface area is 144 Å². The second-order valence-electron chi connectivity index (χ2n) is 5.21. The molecule has 1 N–H and O–H groups in total. The number of methoxy groups -OCH3 is 1. The zero-order chi connectivity index (χ0) is 18.0. The van der Waals surface area contributed by atoms with Crippen molar-refractivity contribution in [2.24, 2.45) is 0 Å². The molecule has 1 aromatic carbocycles. The second-order valence-corrected chi connectivity index (χ2v) is 6.91. The first-order valence-electron chi connectivity index (χ1n) is 7.30. The Morgan fingerprint density at radius 1 is 1.24 bits per heavy atom. The van der Waals surface area contributed by atoms with Gasteiger partial charge in [-0.3, -0.25) is 0 Å². The van der Waals surface area contributed by atoms with E-state index in [1.54, 1.807) is 38.3 Å². The molecule has 0 unspecified atom stereocenters. The Bertz CT molecular complexity index is 974. The lowest BCUT2D eigenvalue weighted by Crippen LogP contribution is -2.24. The Kier molecular flexibility index (Phi) is 4.55. The molecule has 0 saturated carbocycles. The van der Waals surface area contributed by atoms with Gasteiger partial charge < -0.3 is 13.7 Å². The van der Waals surface area contributed by atoms with Crippen molar-refractivity contribution in [2.75, 3.05) is 7.11 Å². The number of ether oxygens (including phenoxy) is 1. The first-order chi connectivity index (χ1) is 11.9. The molecule has 0 radical (unpaired) electrons. The number of benzene rings is 1. The molecule has 132 valence electrons. The second kappa shape index (κ2) is 6.65. The van der Waals surface area contributed by atoms with Crippen molar-refractivity contribution in [3.63, 3.8) is 0 Å². The van der Waals surface area contributed by atoms with E-state index in [2.05, 4.69) is 20.1 Å². The Balaban J connectivity index is 1.76. The number of hydrogen-bond acceptors (Lipinski definition) is 8. The lowest BCUT2D eigenvalue weighted by atomic mass is 10.2. The summed E-state index contributed by atoms with van der Waals surface area (Å²) in [5.74, 6) is 1.27. The average Bonchev–Trinajstić information content (AvgIpc) is 3.20. The summed E-state index contributed by atoms with van der Waals surface area (Å²) < 4.78 is 42.6. The summed E-state index contributed by atoms with van der Waals surface area (Å²) in [6.07, 6.45) is 0. The Hall–Kier alpha value is -2.72. The molecule has 3 aromatic rings. The van der Waals surface area contributed by atoms with Crippen LogP contribution in [-0.4, -0.2) is 30.9 Å². The average molecular weight is 364 g/mol. The van der Waals surface area contributed by atoms with Crippen LogP contribution in [-0.2, 0) is 16.6 Å². The molecule has 0 atom stereocenters. The Morgan fingerprint density at radius 3 is 2.72 bits per heavy atom. The third-order valence-electron chi connectivity index (χ3n) is 3.43. The zero-order valence-electron chi connectivity index (χ0n) is 13.8. The lowest BCUT2D eigenvalue weighted by molar-refractivity contribution is 0.390. The quantitative estimate of drug-likeness (QED) is 0.703. The van der Waals surface area contributed by atoms with Crippen LogP contribution in [0.2, 0.25) is 0 Å². The largest absolute Gasteiger partial charge is 0.497 e. The number of hydrogen-bond donors (Lipinski definition) is 1. The summed E-state index contributed by atoms with van der Waals surface area (Å²) in [7, 11) is -2.24. The fourth-order valence-corrected chi connectivity index (χ4v) is 3.58. The predicted octanol–water partition coefficient (Wildman–Crippen LogP) is 1.83. The summed E-state index contributed by atoms with van der Waals surface area (Å²) in [5, 5.41) is 11.4. The third-order valence-corrected chi connectivity index (χ3v) is 5.08.